The topological polar surface area (TPSA) is 29.5 Å². The van der Waals surface area contributed by atoms with Gasteiger partial charge in [0.15, 0.2) is 0 Å². The van der Waals surface area contributed by atoms with Crippen molar-refractivity contribution in [2.24, 2.45) is 0 Å². The van der Waals surface area contributed by atoms with Crippen LogP contribution >= 0.6 is 23.4 Å². The van der Waals surface area contributed by atoms with Crippen LogP contribution in [0.15, 0.2) is 6.07 Å². The maximum atomic E-state index is 10.4. The molecular formula is C13H15ClO2S. The number of rotatable bonds is 0. The van der Waals surface area contributed by atoms with E-state index >= 15 is 0 Å². The molecule has 2 aliphatic rings. The highest BCUT2D eigenvalue weighted by atomic mass is 35.5. The van der Waals surface area contributed by atoms with Gasteiger partial charge in [-0.15, -0.1) is 11.8 Å². The molecule has 0 saturated carbocycles. The van der Waals surface area contributed by atoms with E-state index in [0.29, 0.717) is 5.02 Å². The van der Waals surface area contributed by atoms with Crippen LogP contribution in [0, 0.1) is 0 Å². The molecule has 4 heteroatoms. The molecule has 0 aliphatic carbocycles. The number of halogens is 1. The van der Waals surface area contributed by atoms with Crippen molar-refractivity contribution in [3.05, 3.63) is 27.8 Å². The average Bonchev–Trinajstić information content (AvgIpc) is 2.70. The molecule has 2 heterocycles. The van der Waals surface area contributed by atoms with E-state index in [9.17, 15) is 5.11 Å². The minimum absolute atomic E-state index is 0.191. The first-order valence-corrected chi connectivity index (χ1v) is 7.16. The van der Waals surface area contributed by atoms with Crippen molar-refractivity contribution in [1.82, 2.24) is 0 Å². The van der Waals surface area contributed by atoms with Crippen molar-refractivity contribution in [2.45, 2.75) is 36.9 Å². The summed E-state index contributed by atoms with van der Waals surface area (Å²) in [5, 5.41) is 11.1. The van der Waals surface area contributed by atoms with Crippen LogP contribution in [0.3, 0.4) is 0 Å². The fourth-order valence-corrected chi connectivity index (χ4v) is 3.94. The van der Waals surface area contributed by atoms with Crippen molar-refractivity contribution in [3.8, 4) is 5.75 Å². The lowest BCUT2D eigenvalue weighted by molar-refractivity contribution is 0.141. The van der Waals surface area contributed by atoms with E-state index in [4.69, 9.17) is 16.3 Å². The predicted octanol–water partition coefficient (Wildman–Crippen LogP) is 3.33. The van der Waals surface area contributed by atoms with Gasteiger partial charge in [0.05, 0.1) is 12.7 Å². The second-order valence-electron chi connectivity index (χ2n) is 5.13. The molecule has 2 nitrogen and oxygen atoms in total. The fourth-order valence-electron chi connectivity index (χ4n) is 2.51. The lowest BCUT2D eigenvalue weighted by Crippen LogP contribution is -2.30. The maximum Gasteiger partial charge on any atom is 0.127 e. The molecule has 0 amide bonds. The Morgan fingerprint density at radius 1 is 1.53 bits per heavy atom. The van der Waals surface area contributed by atoms with Gasteiger partial charge in [0.1, 0.15) is 5.75 Å². The first-order chi connectivity index (χ1) is 8.00. The van der Waals surface area contributed by atoms with Crippen LogP contribution in [-0.4, -0.2) is 16.5 Å². The first kappa shape index (κ1) is 11.7. The van der Waals surface area contributed by atoms with Gasteiger partial charge in [-0.2, -0.15) is 0 Å². The zero-order valence-corrected chi connectivity index (χ0v) is 11.5. The van der Waals surface area contributed by atoms with Crippen molar-refractivity contribution in [2.75, 3.05) is 6.61 Å². The van der Waals surface area contributed by atoms with Gasteiger partial charge >= 0.3 is 0 Å². The van der Waals surface area contributed by atoms with Gasteiger partial charge in [0, 0.05) is 33.1 Å². The second-order valence-corrected chi connectivity index (χ2v) is 7.17. The number of aliphatic hydroxyl groups excluding tert-OH is 1. The third kappa shape index (κ3) is 1.67. The van der Waals surface area contributed by atoms with Gasteiger partial charge in [-0.3, -0.25) is 0 Å². The molecule has 3 rings (SSSR count). The molecule has 0 saturated heterocycles. The minimum atomic E-state index is -0.529. The number of fused-ring (bicyclic) bond motifs is 3. The summed E-state index contributed by atoms with van der Waals surface area (Å²) in [5.41, 5.74) is 3.15. The molecule has 0 spiro atoms. The van der Waals surface area contributed by atoms with Gasteiger partial charge in [-0.05, 0) is 25.5 Å². The summed E-state index contributed by atoms with van der Waals surface area (Å²) in [6, 6.07) is 1.96. The van der Waals surface area contributed by atoms with Crippen LogP contribution < -0.4 is 4.74 Å². The van der Waals surface area contributed by atoms with Crippen molar-refractivity contribution < 1.29 is 9.84 Å². The van der Waals surface area contributed by atoms with Gasteiger partial charge in [-0.1, -0.05) is 11.6 Å². The normalized spacial score (nSPS) is 25.1. The number of hydrogen-bond acceptors (Lipinski definition) is 3. The summed E-state index contributed by atoms with van der Waals surface area (Å²) in [6.45, 7) is 4.83. The monoisotopic (exact) mass is 270 g/mol. The molecule has 0 aromatic heterocycles. The lowest BCUT2D eigenvalue weighted by Gasteiger charge is -2.37. The van der Waals surface area contributed by atoms with Crippen LogP contribution in [0.25, 0.3) is 0 Å². The molecule has 1 aromatic rings. The number of thioether (sulfide) groups is 1. The molecule has 2 aliphatic heterocycles. The molecule has 1 N–H and O–H groups in total. The largest absolute Gasteiger partial charge is 0.493 e. The van der Waals surface area contributed by atoms with E-state index in [2.05, 4.69) is 13.8 Å². The van der Waals surface area contributed by atoms with E-state index in [-0.39, 0.29) is 4.75 Å². The van der Waals surface area contributed by atoms with Gasteiger partial charge in [-0.25, -0.2) is 0 Å². The highest BCUT2D eigenvalue weighted by Gasteiger charge is 2.39. The minimum Gasteiger partial charge on any atom is -0.493 e. The number of aliphatic hydroxyl groups is 1. The Balaban J connectivity index is 2.21. The third-order valence-electron chi connectivity index (χ3n) is 3.59. The molecule has 0 radical (unpaired) electrons. The van der Waals surface area contributed by atoms with Crippen molar-refractivity contribution in [3.63, 3.8) is 0 Å². The summed E-state index contributed by atoms with van der Waals surface area (Å²) in [6.07, 6.45) is 0.394. The van der Waals surface area contributed by atoms with Crippen LogP contribution in [0.1, 0.15) is 36.6 Å². The van der Waals surface area contributed by atoms with E-state index < -0.39 is 6.10 Å². The highest BCUT2D eigenvalue weighted by Crippen LogP contribution is 2.51. The highest BCUT2D eigenvalue weighted by molar-refractivity contribution is 8.00. The SMILES string of the molecule is CC1(C)SCc2c3c(cc(Cl)c2C1O)CCO3. The standard InChI is InChI=1S/C13H15ClO2S/c1-13(2)12(15)10-8(6-17-13)11-7(3-4-16-11)5-9(10)14/h5,12,15H,3-4,6H2,1-2H3. The van der Waals surface area contributed by atoms with E-state index in [1.165, 1.54) is 5.56 Å². The second kappa shape index (κ2) is 3.81. The first-order valence-electron chi connectivity index (χ1n) is 5.79. The maximum absolute atomic E-state index is 10.4. The summed E-state index contributed by atoms with van der Waals surface area (Å²) >= 11 is 8.08. The molecular weight excluding hydrogens is 256 g/mol. The zero-order valence-electron chi connectivity index (χ0n) is 9.92. The summed E-state index contributed by atoms with van der Waals surface area (Å²) in [7, 11) is 0. The molecule has 92 valence electrons. The molecule has 17 heavy (non-hydrogen) atoms. The third-order valence-corrected chi connectivity index (χ3v) is 5.30. The Bertz CT molecular complexity index is 485. The molecule has 1 atom stereocenters. The van der Waals surface area contributed by atoms with E-state index in [0.717, 1.165) is 35.7 Å². The Morgan fingerprint density at radius 3 is 3.06 bits per heavy atom. The number of ether oxygens (including phenoxy) is 1. The summed E-state index contributed by atoms with van der Waals surface area (Å²) in [5.74, 6) is 1.83. The van der Waals surface area contributed by atoms with Gasteiger partial charge in [0.25, 0.3) is 0 Å². The Morgan fingerprint density at radius 2 is 2.29 bits per heavy atom. The van der Waals surface area contributed by atoms with E-state index in [1.807, 2.05) is 6.07 Å². The smallest absolute Gasteiger partial charge is 0.127 e. The summed E-state index contributed by atoms with van der Waals surface area (Å²) < 4.78 is 5.49. The van der Waals surface area contributed by atoms with Crippen LogP contribution in [0.4, 0.5) is 0 Å². The molecule has 1 aromatic carbocycles. The lowest BCUT2D eigenvalue weighted by atomic mass is 9.91. The average molecular weight is 271 g/mol. The summed E-state index contributed by atoms with van der Waals surface area (Å²) in [4.78, 5) is 0. The van der Waals surface area contributed by atoms with E-state index in [1.54, 1.807) is 11.8 Å². The number of benzene rings is 1. The molecule has 0 bridgehead atoms. The zero-order chi connectivity index (χ0) is 12.2. The van der Waals surface area contributed by atoms with Crippen LogP contribution in [-0.2, 0) is 12.2 Å². The molecule has 1 unspecified atom stereocenters. The fraction of sp³-hybridized carbons (Fsp3) is 0.538. The number of hydrogen-bond donors (Lipinski definition) is 1. The molecule has 0 fully saturated rings. The Hall–Kier alpha value is -0.380. The van der Waals surface area contributed by atoms with Crippen molar-refractivity contribution >= 4 is 23.4 Å². The quantitative estimate of drug-likeness (QED) is 0.784. The van der Waals surface area contributed by atoms with Crippen molar-refractivity contribution in [1.29, 1.82) is 0 Å². The van der Waals surface area contributed by atoms with Gasteiger partial charge in [0.2, 0.25) is 0 Å². The van der Waals surface area contributed by atoms with Crippen LogP contribution in [0.2, 0.25) is 5.02 Å². The Labute approximate surface area is 110 Å². The Kier molecular flexibility index (Phi) is 2.62. The van der Waals surface area contributed by atoms with Gasteiger partial charge < -0.3 is 9.84 Å². The predicted molar refractivity (Wildman–Crippen MR) is 71.0 cm³/mol. The van der Waals surface area contributed by atoms with Crippen LogP contribution in [0.5, 0.6) is 5.75 Å².